The number of aromatic nitrogens is 2. The van der Waals surface area contributed by atoms with Gasteiger partial charge in [-0.25, -0.2) is 23.1 Å². The Morgan fingerprint density at radius 3 is 2.31 bits per heavy atom. The Balaban J connectivity index is 1.39. The maximum atomic E-state index is 12.5. The monoisotopic (exact) mass is 448 g/mol. The summed E-state index contributed by atoms with van der Waals surface area (Å²) in [6.45, 7) is 1.65. The molecule has 2 N–H and O–H groups in total. The zero-order valence-electron chi connectivity index (χ0n) is 17.1. The van der Waals surface area contributed by atoms with Gasteiger partial charge in [-0.3, -0.25) is 4.79 Å². The van der Waals surface area contributed by atoms with Crippen LogP contribution in [0.15, 0.2) is 90.1 Å². The molecule has 162 valence electrons. The fourth-order valence-corrected chi connectivity index (χ4v) is 3.95. The third kappa shape index (κ3) is 5.01. The summed E-state index contributed by atoms with van der Waals surface area (Å²) in [5.74, 6) is 0.205. The number of rotatable bonds is 7. The van der Waals surface area contributed by atoms with Gasteiger partial charge in [-0.1, -0.05) is 30.3 Å². The van der Waals surface area contributed by atoms with Crippen LogP contribution in [0.1, 0.15) is 6.92 Å². The van der Waals surface area contributed by atoms with Gasteiger partial charge in [0.15, 0.2) is 6.10 Å². The average molecular weight is 449 g/mol. The number of anilines is 2. The summed E-state index contributed by atoms with van der Waals surface area (Å²) in [5, 5.41) is 4.82. The van der Waals surface area contributed by atoms with Gasteiger partial charge in [-0.15, -0.1) is 0 Å². The van der Waals surface area contributed by atoms with Gasteiger partial charge >= 0.3 is 0 Å². The number of carbonyl (C=O) groups excluding carboxylic acids is 1. The van der Waals surface area contributed by atoms with Gasteiger partial charge in [-0.05, 0) is 60.2 Å². The Morgan fingerprint density at radius 1 is 0.906 bits per heavy atom. The fraction of sp³-hybridized carbons (Fsp3) is 0.0870. The van der Waals surface area contributed by atoms with E-state index in [0.717, 1.165) is 10.8 Å². The summed E-state index contributed by atoms with van der Waals surface area (Å²) in [7, 11) is -3.85. The van der Waals surface area contributed by atoms with Gasteiger partial charge in [-0.2, -0.15) is 0 Å². The molecule has 1 atom stereocenters. The number of amides is 1. The van der Waals surface area contributed by atoms with Crippen molar-refractivity contribution in [3.05, 3.63) is 85.2 Å². The lowest BCUT2D eigenvalue weighted by molar-refractivity contribution is -0.122. The molecule has 1 heterocycles. The van der Waals surface area contributed by atoms with E-state index in [1.54, 1.807) is 13.0 Å². The minimum absolute atomic E-state index is 0.0171. The van der Waals surface area contributed by atoms with E-state index in [2.05, 4.69) is 20.0 Å². The van der Waals surface area contributed by atoms with Crippen LogP contribution in [0, 0.1) is 0 Å². The first-order valence-corrected chi connectivity index (χ1v) is 11.3. The Kier molecular flexibility index (Phi) is 6.00. The van der Waals surface area contributed by atoms with E-state index in [4.69, 9.17) is 4.74 Å². The lowest BCUT2D eigenvalue weighted by Crippen LogP contribution is -2.30. The molecule has 32 heavy (non-hydrogen) atoms. The number of ether oxygens (including phenoxy) is 1. The molecule has 1 aromatic heterocycles. The van der Waals surface area contributed by atoms with Gasteiger partial charge in [0, 0.05) is 18.1 Å². The van der Waals surface area contributed by atoms with E-state index < -0.39 is 16.1 Å². The highest BCUT2D eigenvalue weighted by Gasteiger charge is 2.18. The number of benzene rings is 3. The lowest BCUT2D eigenvalue weighted by Gasteiger charge is -2.15. The number of sulfonamides is 1. The number of hydrogen-bond donors (Lipinski definition) is 2. The minimum Gasteiger partial charge on any atom is -0.481 e. The van der Waals surface area contributed by atoms with Crippen molar-refractivity contribution >= 4 is 38.3 Å². The standard InChI is InChI=1S/C23H20N4O4S/c1-16(31-20-10-7-17-5-2-3-6-18(17)15-20)22(28)26-19-8-11-21(12-9-19)32(29,30)27-23-24-13-4-14-25-23/h2-16H,1H3,(H,26,28)(H,24,25,27)/t16-/m1/s1. The second kappa shape index (κ2) is 9.03. The van der Waals surface area contributed by atoms with Crippen molar-refractivity contribution in [1.82, 2.24) is 9.97 Å². The van der Waals surface area contributed by atoms with Gasteiger partial charge in [0.1, 0.15) is 5.75 Å². The van der Waals surface area contributed by atoms with Crippen LogP contribution in [0.2, 0.25) is 0 Å². The summed E-state index contributed by atoms with van der Waals surface area (Å²) in [4.78, 5) is 20.2. The maximum absolute atomic E-state index is 12.5. The maximum Gasteiger partial charge on any atom is 0.265 e. The highest BCUT2D eigenvalue weighted by atomic mass is 32.2. The molecule has 0 saturated carbocycles. The third-order valence-corrected chi connectivity index (χ3v) is 5.97. The molecular weight excluding hydrogens is 428 g/mol. The zero-order chi connectivity index (χ0) is 22.6. The van der Waals surface area contributed by atoms with E-state index in [0.29, 0.717) is 11.4 Å². The first-order valence-electron chi connectivity index (χ1n) is 9.77. The molecule has 4 rings (SSSR count). The van der Waals surface area contributed by atoms with E-state index in [9.17, 15) is 13.2 Å². The predicted octanol–water partition coefficient (Wildman–Crippen LogP) is 3.84. The first kappa shape index (κ1) is 21.3. The molecule has 0 aliphatic carbocycles. The number of nitrogens with zero attached hydrogens (tertiary/aromatic N) is 2. The van der Waals surface area contributed by atoms with Crippen LogP contribution in [0.25, 0.3) is 10.8 Å². The predicted molar refractivity (Wildman–Crippen MR) is 122 cm³/mol. The molecule has 0 aliphatic rings. The van der Waals surface area contributed by atoms with Gasteiger partial charge < -0.3 is 10.1 Å². The fourth-order valence-electron chi connectivity index (χ4n) is 2.99. The molecule has 0 fully saturated rings. The smallest absolute Gasteiger partial charge is 0.265 e. The molecule has 0 aliphatic heterocycles. The number of nitrogens with one attached hydrogen (secondary N) is 2. The molecule has 0 unspecified atom stereocenters. The molecule has 8 nitrogen and oxygen atoms in total. The Morgan fingerprint density at radius 2 is 1.59 bits per heavy atom. The molecule has 3 aromatic carbocycles. The van der Waals surface area contributed by atoms with Crippen molar-refractivity contribution in [1.29, 1.82) is 0 Å². The van der Waals surface area contributed by atoms with E-state index in [-0.39, 0.29) is 16.8 Å². The molecule has 0 bridgehead atoms. The number of hydrogen-bond acceptors (Lipinski definition) is 6. The summed E-state index contributed by atoms with van der Waals surface area (Å²) in [5.41, 5.74) is 0.443. The van der Waals surface area contributed by atoms with Crippen LogP contribution in [0.4, 0.5) is 11.6 Å². The lowest BCUT2D eigenvalue weighted by atomic mass is 10.1. The van der Waals surface area contributed by atoms with Crippen molar-refractivity contribution in [3.8, 4) is 5.75 Å². The molecular formula is C23H20N4O4S. The molecule has 0 saturated heterocycles. The summed E-state index contributed by atoms with van der Waals surface area (Å²) in [6, 6.07) is 20.9. The second-order valence-electron chi connectivity index (χ2n) is 6.96. The van der Waals surface area contributed by atoms with Crippen LogP contribution in [0.3, 0.4) is 0 Å². The van der Waals surface area contributed by atoms with Gasteiger partial charge in [0.2, 0.25) is 5.95 Å². The number of carbonyl (C=O) groups is 1. The largest absolute Gasteiger partial charge is 0.481 e. The van der Waals surface area contributed by atoms with Gasteiger partial charge in [0.25, 0.3) is 15.9 Å². The van der Waals surface area contributed by atoms with E-state index in [1.165, 1.54) is 36.7 Å². The Hall–Kier alpha value is -3.98. The summed E-state index contributed by atoms with van der Waals surface area (Å²) < 4.78 is 32.9. The zero-order valence-corrected chi connectivity index (χ0v) is 17.9. The van der Waals surface area contributed by atoms with Crippen molar-refractivity contribution in [2.24, 2.45) is 0 Å². The highest BCUT2D eigenvalue weighted by molar-refractivity contribution is 7.92. The Labute approximate surface area is 185 Å². The van der Waals surface area contributed by atoms with Crippen LogP contribution in [-0.4, -0.2) is 30.4 Å². The van der Waals surface area contributed by atoms with Crippen molar-refractivity contribution < 1.29 is 17.9 Å². The van der Waals surface area contributed by atoms with Crippen molar-refractivity contribution in [2.75, 3.05) is 10.0 Å². The molecule has 4 aromatic rings. The summed E-state index contributed by atoms with van der Waals surface area (Å²) >= 11 is 0. The molecule has 0 spiro atoms. The molecule has 0 radical (unpaired) electrons. The van der Waals surface area contributed by atoms with Crippen molar-refractivity contribution in [3.63, 3.8) is 0 Å². The normalized spacial score (nSPS) is 12.2. The first-order chi connectivity index (χ1) is 15.4. The average Bonchev–Trinajstić information content (AvgIpc) is 2.79. The minimum atomic E-state index is -3.85. The summed E-state index contributed by atoms with van der Waals surface area (Å²) in [6.07, 6.45) is 2.12. The van der Waals surface area contributed by atoms with Gasteiger partial charge in [0.05, 0.1) is 4.90 Å². The second-order valence-corrected chi connectivity index (χ2v) is 8.64. The van der Waals surface area contributed by atoms with Crippen LogP contribution >= 0.6 is 0 Å². The topological polar surface area (TPSA) is 110 Å². The molecule has 9 heteroatoms. The van der Waals surface area contributed by atoms with E-state index >= 15 is 0 Å². The van der Waals surface area contributed by atoms with Crippen LogP contribution in [-0.2, 0) is 14.8 Å². The van der Waals surface area contributed by atoms with E-state index in [1.807, 2.05) is 42.5 Å². The quantitative estimate of drug-likeness (QED) is 0.445. The van der Waals surface area contributed by atoms with Crippen LogP contribution < -0.4 is 14.8 Å². The SMILES string of the molecule is C[C@@H](Oc1ccc2ccccc2c1)C(=O)Nc1ccc(S(=O)(=O)Nc2ncccn2)cc1. The highest BCUT2D eigenvalue weighted by Crippen LogP contribution is 2.22. The number of fused-ring (bicyclic) bond motifs is 1. The van der Waals surface area contributed by atoms with Crippen molar-refractivity contribution in [2.45, 2.75) is 17.9 Å². The van der Waals surface area contributed by atoms with Crippen LogP contribution in [0.5, 0.6) is 5.75 Å². The Bertz CT molecular complexity index is 1340. The molecule has 1 amide bonds. The third-order valence-electron chi connectivity index (χ3n) is 4.63.